The van der Waals surface area contributed by atoms with Crippen molar-refractivity contribution in [2.24, 2.45) is 0 Å². The molecule has 0 fully saturated rings. The average Bonchev–Trinajstić information content (AvgIpc) is 3.79. The number of fused-ring (bicyclic) bond motifs is 7. The van der Waals surface area contributed by atoms with Gasteiger partial charge in [0.15, 0.2) is 0 Å². The molecule has 11 aromatic rings. The Morgan fingerprint density at radius 3 is 1.56 bits per heavy atom. The Balaban J connectivity index is 1.04. The molecule has 12 rings (SSSR count). The molecular formula is C61H44N2. The third-order valence-corrected chi connectivity index (χ3v) is 13.4. The molecular weight excluding hydrogens is 761 g/mol. The molecule has 298 valence electrons. The molecule has 1 aliphatic carbocycles. The molecule has 0 radical (unpaired) electrons. The van der Waals surface area contributed by atoms with Crippen LogP contribution in [0.3, 0.4) is 0 Å². The first-order valence-electron chi connectivity index (χ1n) is 21.9. The second kappa shape index (κ2) is 14.6. The summed E-state index contributed by atoms with van der Waals surface area (Å²) >= 11 is 0. The van der Waals surface area contributed by atoms with E-state index >= 15 is 0 Å². The van der Waals surface area contributed by atoms with Gasteiger partial charge < -0.3 is 9.47 Å². The third kappa shape index (κ3) is 6.02. The van der Waals surface area contributed by atoms with Crippen LogP contribution >= 0.6 is 0 Å². The van der Waals surface area contributed by atoms with Crippen LogP contribution < -0.4 is 4.90 Å². The van der Waals surface area contributed by atoms with Crippen molar-refractivity contribution in [2.45, 2.75) is 19.3 Å². The van der Waals surface area contributed by atoms with Crippen molar-refractivity contribution >= 4 is 49.6 Å². The van der Waals surface area contributed by atoms with Crippen molar-refractivity contribution in [3.63, 3.8) is 0 Å². The van der Waals surface area contributed by atoms with Gasteiger partial charge >= 0.3 is 0 Å². The normalized spacial score (nSPS) is 12.7. The van der Waals surface area contributed by atoms with Crippen molar-refractivity contribution in [3.8, 4) is 50.2 Å². The van der Waals surface area contributed by atoms with Gasteiger partial charge in [-0.05, 0) is 128 Å². The quantitative estimate of drug-likeness (QED) is 0.156. The van der Waals surface area contributed by atoms with Crippen LogP contribution in [0, 0.1) is 0 Å². The van der Waals surface area contributed by atoms with E-state index in [2.05, 4.69) is 254 Å². The highest BCUT2D eigenvalue weighted by Gasteiger charge is 2.36. The Morgan fingerprint density at radius 2 is 0.841 bits per heavy atom. The standard InChI is InChI=1S/C61H44N2/c1-61(2)56-25-15-14-23-51(56)52-33-32-48(40-57(52)61)62(47-30-26-43(27-31-47)41-16-6-3-7-17-41)58-37-34-49(50-22-12-13-24-53(50)58)45-29-36-60-55(39-45)54-38-44(42-18-8-4-9-19-42)28-35-59(54)63(60)46-20-10-5-11-21-46/h3-40H,1-2H3. The Morgan fingerprint density at radius 1 is 0.333 bits per heavy atom. The lowest BCUT2D eigenvalue weighted by Crippen LogP contribution is -2.16. The maximum atomic E-state index is 2.46. The highest BCUT2D eigenvalue weighted by Crippen LogP contribution is 2.51. The van der Waals surface area contributed by atoms with Crippen molar-refractivity contribution in [3.05, 3.63) is 242 Å². The van der Waals surface area contributed by atoms with E-state index in [4.69, 9.17) is 0 Å². The topological polar surface area (TPSA) is 8.17 Å². The molecule has 2 nitrogen and oxygen atoms in total. The zero-order valence-corrected chi connectivity index (χ0v) is 35.3. The Bertz CT molecular complexity index is 3510. The molecule has 1 aliphatic rings. The van der Waals surface area contributed by atoms with E-state index in [1.807, 2.05) is 0 Å². The van der Waals surface area contributed by atoms with Crippen molar-refractivity contribution in [1.29, 1.82) is 0 Å². The smallest absolute Gasteiger partial charge is 0.0541 e. The lowest BCUT2D eigenvalue weighted by atomic mass is 9.82. The fourth-order valence-electron chi connectivity index (χ4n) is 10.3. The van der Waals surface area contributed by atoms with Gasteiger partial charge in [-0.1, -0.05) is 178 Å². The maximum absolute atomic E-state index is 2.46. The van der Waals surface area contributed by atoms with E-state index in [0.717, 1.165) is 22.7 Å². The van der Waals surface area contributed by atoms with Gasteiger partial charge in [-0.2, -0.15) is 0 Å². The van der Waals surface area contributed by atoms with E-state index in [-0.39, 0.29) is 5.41 Å². The molecule has 0 bridgehead atoms. The molecule has 0 aliphatic heterocycles. The largest absolute Gasteiger partial charge is 0.310 e. The van der Waals surface area contributed by atoms with Crippen molar-refractivity contribution < 1.29 is 0 Å². The molecule has 0 saturated carbocycles. The highest BCUT2D eigenvalue weighted by molar-refractivity contribution is 6.13. The monoisotopic (exact) mass is 804 g/mol. The number of aromatic nitrogens is 1. The summed E-state index contributed by atoms with van der Waals surface area (Å²) < 4.78 is 2.40. The SMILES string of the molecule is CC1(C)c2ccccc2-c2ccc(N(c3ccc(-c4ccccc4)cc3)c3ccc(-c4ccc5c(c4)c4cc(-c6ccccc6)ccc4n5-c4ccccc4)c4ccccc34)cc21. The van der Waals surface area contributed by atoms with E-state index in [0.29, 0.717) is 0 Å². The molecule has 1 aromatic heterocycles. The number of benzene rings is 10. The van der Waals surface area contributed by atoms with Gasteiger partial charge in [0.2, 0.25) is 0 Å². The minimum absolute atomic E-state index is 0.124. The molecule has 10 aromatic carbocycles. The maximum Gasteiger partial charge on any atom is 0.0541 e. The Hall–Kier alpha value is -7.94. The molecule has 1 heterocycles. The Labute approximate surface area is 368 Å². The van der Waals surface area contributed by atoms with Gasteiger partial charge in [0.1, 0.15) is 0 Å². The van der Waals surface area contributed by atoms with Gasteiger partial charge in [0.25, 0.3) is 0 Å². The van der Waals surface area contributed by atoms with Crippen LogP contribution in [-0.2, 0) is 5.41 Å². The first-order valence-corrected chi connectivity index (χ1v) is 21.9. The predicted octanol–water partition coefficient (Wildman–Crippen LogP) is 16.7. The highest BCUT2D eigenvalue weighted by atomic mass is 15.1. The summed E-state index contributed by atoms with van der Waals surface area (Å²) in [5.74, 6) is 0. The van der Waals surface area contributed by atoms with E-state index in [9.17, 15) is 0 Å². The van der Waals surface area contributed by atoms with Gasteiger partial charge in [-0.15, -0.1) is 0 Å². The average molecular weight is 805 g/mol. The second-order valence-corrected chi connectivity index (χ2v) is 17.3. The fraction of sp³-hybridized carbons (Fsp3) is 0.0492. The van der Waals surface area contributed by atoms with Gasteiger partial charge in [-0.25, -0.2) is 0 Å². The van der Waals surface area contributed by atoms with Gasteiger partial charge in [0, 0.05) is 38.6 Å². The Kier molecular flexibility index (Phi) is 8.55. The minimum atomic E-state index is -0.124. The summed E-state index contributed by atoms with van der Waals surface area (Å²) in [5.41, 5.74) is 19.4. The van der Waals surface area contributed by atoms with Crippen LogP contribution in [0.15, 0.2) is 231 Å². The summed E-state index contributed by atoms with van der Waals surface area (Å²) in [6.45, 7) is 4.72. The molecule has 0 spiro atoms. The van der Waals surface area contributed by atoms with Crippen molar-refractivity contribution in [2.75, 3.05) is 4.90 Å². The van der Waals surface area contributed by atoms with E-state index < -0.39 is 0 Å². The van der Waals surface area contributed by atoms with E-state index in [1.54, 1.807) is 0 Å². The van der Waals surface area contributed by atoms with E-state index in [1.165, 1.54) is 88.2 Å². The lowest BCUT2D eigenvalue weighted by Gasteiger charge is -2.29. The molecule has 2 heteroatoms. The number of anilines is 3. The van der Waals surface area contributed by atoms with Crippen LogP contribution in [0.2, 0.25) is 0 Å². The predicted molar refractivity (Wildman–Crippen MR) is 267 cm³/mol. The number of hydrogen-bond acceptors (Lipinski definition) is 1. The van der Waals surface area contributed by atoms with Crippen LogP contribution in [-0.4, -0.2) is 4.57 Å². The number of rotatable bonds is 7. The number of hydrogen-bond donors (Lipinski definition) is 0. The molecule has 0 saturated heterocycles. The van der Waals surface area contributed by atoms with Gasteiger partial charge in [0.05, 0.1) is 16.7 Å². The second-order valence-electron chi connectivity index (χ2n) is 17.3. The van der Waals surface area contributed by atoms with Crippen LogP contribution in [0.1, 0.15) is 25.0 Å². The molecule has 63 heavy (non-hydrogen) atoms. The first-order chi connectivity index (χ1) is 31.0. The van der Waals surface area contributed by atoms with Crippen LogP contribution in [0.4, 0.5) is 17.1 Å². The minimum Gasteiger partial charge on any atom is -0.310 e. The zero-order valence-electron chi connectivity index (χ0n) is 35.3. The summed E-state index contributed by atoms with van der Waals surface area (Å²) in [6.07, 6.45) is 0. The number of para-hydroxylation sites is 1. The van der Waals surface area contributed by atoms with Gasteiger partial charge in [-0.3, -0.25) is 0 Å². The summed E-state index contributed by atoms with van der Waals surface area (Å²) in [7, 11) is 0. The van der Waals surface area contributed by atoms with Crippen LogP contribution in [0.5, 0.6) is 0 Å². The lowest BCUT2D eigenvalue weighted by molar-refractivity contribution is 0.660. The molecule has 0 N–H and O–H groups in total. The fourth-order valence-corrected chi connectivity index (χ4v) is 10.3. The number of nitrogens with zero attached hydrogens (tertiary/aromatic N) is 2. The van der Waals surface area contributed by atoms with Crippen molar-refractivity contribution in [1.82, 2.24) is 4.57 Å². The summed E-state index contributed by atoms with van der Waals surface area (Å²) in [5, 5.41) is 4.89. The first kappa shape index (κ1) is 36.9. The summed E-state index contributed by atoms with van der Waals surface area (Å²) in [4.78, 5) is 2.46. The molecule has 0 atom stereocenters. The third-order valence-electron chi connectivity index (χ3n) is 13.4. The zero-order chi connectivity index (χ0) is 42.1. The van der Waals surface area contributed by atoms with Crippen LogP contribution in [0.25, 0.3) is 82.8 Å². The molecule has 0 amide bonds. The summed E-state index contributed by atoms with van der Waals surface area (Å²) in [6, 6.07) is 84.7. The molecule has 0 unspecified atom stereocenters.